The van der Waals surface area contributed by atoms with Crippen molar-refractivity contribution < 1.29 is 14.2 Å². The minimum Gasteiger partial charge on any atom is -0.348 e. The number of hydrogen-bond donors (Lipinski definition) is 1. The Bertz CT molecular complexity index is 674. The molecule has 1 saturated carbocycles. The van der Waals surface area contributed by atoms with Gasteiger partial charge < -0.3 is 9.84 Å². The van der Waals surface area contributed by atoms with Crippen molar-refractivity contribution in [1.82, 2.24) is 25.2 Å². The molecule has 2 aromatic rings. The zero-order valence-corrected chi connectivity index (χ0v) is 10.9. The van der Waals surface area contributed by atoms with Crippen molar-refractivity contribution in [2.24, 2.45) is 5.92 Å². The van der Waals surface area contributed by atoms with Crippen molar-refractivity contribution in [2.45, 2.75) is 19.4 Å². The normalized spacial score (nSPS) is 14.1. The molecule has 0 bridgehead atoms. The second-order valence-corrected chi connectivity index (χ2v) is 4.82. The summed E-state index contributed by atoms with van der Waals surface area (Å²) >= 11 is 0. The maximum absolute atomic E-state index is 11.7. The molecule has 110 valence electrons. The smallest absolute Gasteiger partial charge is 0.316 e. The summed E-state index contributed by atoms with van der Waals surface area (Å²) in [5, 5.41) is 20.7. The van der Waals surface area contributed by atoms with Crippen molar-refractivity contribution in [2.75, 3.05) is 6.54 Å². The summed E-state index contributed by atoms with van der Waals surface area (Å²) in [7, 11) is 0. The van der Waals surface area contributed by atoms with Crippen LogP contribution in [0, 0.1) is 16.0 Å². The number of carbonyl (C=O) groups excluding carboxylic acids is 1. The highest BCUT2D eigenvalue weighted by Crippen LogP contribution is 2.27. The van der Waals surface area contributed by atoms with Gasteiger partial charge in [-0.2, -0.15) is 10.1 Å². The van der Waals surface area contributed by atoms with E-state index in [0.717, 1.165) is 19.0 Å². The predicted octanol–water partition coefficient (Wildman–Crippen LogP) is 0.362. The van der Waals surface area contributed by atoms with Crippen LogP contribution in [0.15, 0.2) is 16.9 Å². The minimum absolute atomic E-state index is 0.0905. The largest absolute Gasteiger partial charge is 0.348 e. The van der Waals surface area contributed by atoms with Gasteiger partial charge in [0.05, 0.1) is 4.92 Å². The molecule has 0 unspecified atom stereocenters. The van der Waals surface area contributed by atoms with Crippen LogP contribution in [-0.4, -0.2) is 37.3 Å². The minimum atomic E-state index is -0.545. The fraction of sp³-hybridized carbons (Fsp3) is 0.455. The molecule has 0 saturated heterocycles. The number of carbonyl (C=O) groups is 1. The summed E-state index contributed by atoms with van der Waals surface area (Å²) in [6.45, 7) is 0.704. The van der Waals surface area contributed by atoms with Gasteiger partial charge in [0, 0.05) is 6.54 Å². The number of rotatable bonds is 6. The van der Waals surface area contributed by atoms with Crippen molar-refractivity contribution in [1.29, 1.82) is 0 Å². The second kappa shape index (κ2) is 5.31. The van der Waals surface area contributed by atoms with E-state index >= 15 is 0 Å². The lowest BCUT2D eigenvalue weighted by atomic mass is 10.4. The third kappa shape index (κ3) is 3.22. The number of nitrogens with zero attached hydrogens (tertiary/aromatic N) is 5. The van der Waals surface area contributed by atoms with Crippen LogP contribution in [0.3, 0.4) is 0 Å². The van der Waals surface area contributed by atoms with Crippen LogP contribution in [0.25, 0.3) is 0 Å². The van der Waals surface area contributed by atoms with Crippen LogP contribution < -0.4 is 5.32 Å². The molecule has 1 fully saturated rings. The fourth-order valence-electron chi connectivity index (χ4n) is 1.72. The van der Waals surface area contributed by atoms with E-state index in [1.54, 1.807) is 0 Å². The SMILES string of the molecule is O=C(NCC1CC1)c1nc(Cn2cc([N+](=O)[O-])cn2)no1. The predicted molar refractivity (Wildman–Crippen MR) is 67.3 cm³/mol. The first-order chi connectivity index (χ1) is 10.1. The summed E-state index contributed by atoms with van der Waals surface area (Å²) in [4.78, 5) is 25.7. The molecule has 2 heterocycles. The summed E-state index contributed by atoms with van der Waals surface area (Å²) in [5.41, 5.74) is -0.124. The highest BCUT2D eigenvalue weighted by atomic mass is 16.6. The molecule has 0 aliphatic heterocycles. The van der Waals surface area contributed by atoms with Gasteiger partial charge in [-0.3, -0.25) is 19.6 Å². The summed E-state index contributed by atoms with van der Waals surface area (Å²) in [5.74, 6) is 0.255. The Hall–Kier alpha value is -2.78. The highest BCUT2D eigenvalue weighted by Gasteiger charge is 2.23. The lowest BCUT2D eigenvalue weighted by Gasteiger charge is -1.98. The quantitative estimate of drug-likeness (QED) is 0.601. The van der Waals surface area contributed by atoms with Crippen LogP contribution in [0.5, 0.6) is 0 Å². The first-order valence-electron chi connectivity index (χ1n) is 6.39. The van der Waals surface area contributed by atoms with E-state index in [2.05, 4.69) is 20.6 Å². The van der Waals surface area contributed by atoms with Crippen LogP contribution in [-0.2, 0) is 6.54 Å². The molecule has 2 aromatic heterocycles. The van der Waals surface area contributed by atoms with E-state index in [1.165, 1.54) is 10.9 Å². The van der Waals surface area contributed by atoms with Crippen molar-refractivity contribution in [3.63, 3.8) is 0 Å². The zero-order valence-electron chi connectivity index (χ0n) is 10.9. The molecule has 1 aliphatic carbocycles. The maximum atomic E-state index is 11.7. The summed E-state index contributed by atoms with van der Waals surface area (Å²) in [6, 6.07) is 0. The van der Waals surface area contributed by atoms with Gasteiger partial charge >= 0.3 is 17.5 Å². The lowest BCUT2D eigenvalue weighted by Crippen LogP contribution is -2.25. The van der Waals surface area contributed by atoms with Gasteiger partial charge in [0.15, 0.2) is 5.82 Å². The highest BCUT2D eigenvalue weighted by molar-refractivity contribution is 5.89. The molecule has 0 atom stereocenters. The molecule has 10 nitrogen and oxygen atoms in total. The number of nitro groups is 1. The standard InChI is InChI=1S/C11H12N6O4/c18-10(12-3-7-1-2-7)11-14-9(15-21-11)6-16-5-8(4-13-16)17(19)20/h4-5,7H,1-3,6H2,(H,12,18). The van der Waals surface area contributed by atoms with Gasteiger partial charge in [-0.25, -0.2) is 0 Å². The summed E-state index contributed by atoms with van der Waals surface area (Å²) in [6.07, 6.45) is 4.65. The van der Waals surface area contributed by atoms with E-state index in [-0.39, 0.29) is 23.9 Å². The van der Waals surface area contributed by atoms with Crippen LogP contribution >= 0.6 is 0 Å². The Kier molecular flexibility index (Phi) is 3.34. The number of amides is 1. The third-order valence-electron chi connectivity index (χ3n) is 3.04. The van der Waals surface area contributed by atoms with Gasteiger partial charge in [0.1, 0.15) is 18.9 Å². The second-order valence-electron chi connectivity index (χ2n) is 4.82. The number of nitrogens with one attached hydrogen (secondary N) is 1. The van der Waals surface area contributed by atoms with Crippen molar-refractivity contribution in [3.8, 4) is 0 Å². The molecular formula is C11H12N6O4. The number of hydrogen-bond acceptors (Lipinski definition) is 7. The molecule has 1 aliphatic rings. The van der Waals surface area contributed by atoms with E-state index in [4.69, 9.17) is 4.52 Å². The molecule has 1 amide bonds. The fourth-order valence-corrected chi connectivity index (χ4v) is 1.72. The molecule has 0 radical (unpaired) electrons. The zero-order chi connectivity index (χ0) is 14.8. The Labute approximate surface area is 118 Å². The monoisotopic (exact) mass is 292 g/mol. The Morgan fingerprint density at radius 2 is 2.38 bits per heavy atom. The lowest BCUT2D eigenvalue weighted by molar-refractivity contribution is -0.385. The van der Waals surface area contributed by atoms with Crippen LogP contribution in [0.2, 0.25) is 0 Å². The van der Waals surface area contributed by atoms with E-state index in [1.807, 2.05) is 0 Å². The summed E-state index contributed by atoms with van der Waals surface area (Å²) < 4.78 is 6.16. The van der Waals surface area contributed by atoms with Crippen LogP contribution in [0.1, 0.15) is 29.4 Å². The number of aromatic nitrogens is 4. The van der Waals surface area contributed by atoms with Gasteiger partial charge in [0.2, 0.25) is 0 Å². The van der Waals surface area contributed by atoms with Crippen molar-refractivity contribution >= 4 is 11.6 Å². The molecule has 10 heteroatoms. The van der Waals surface area contributed by atoms with Crippen molar-refractivity contribution in [3.05, 3.63) is 34.2 Å². The van der Waals surface area contributed by atoms with Gasteiger partial charge in [-0.05, 0) is 18.8 Å². The average molecular weight is 292 g/mol. The molecule has 1 N–H and O–H groups in total. The topological polar surface area (TPSA) is 129 Å². The third-order valence-corrected chi connectivity index (χ3v) is 3.04. The molecule has 21 heavy (non-hydrogen) atoms. The molecular weight excluding hydrogens is 280 g/mol. The van der Waals surface area contributed by atoms with E-state index in [9.17, 15) is 14.9 Å². The first-order valence-corrected chi connectivity index (χ1v) is 6.39. The van der Waals surface area contributed by atoms with Crippen LogP contribution in [0.4, 0.5) is 5.69 Å². The van der Waals surface area contributed by atoms with Gasteiger partial charge in [-0.1, -0.05) is 5.16 Å². The van der Waals surface area contributed by atoms with E-state index in [0.29, 0.717) is 12.5 Å². The Morgan fingerprint density at radius 1 is 1.57 bits per heavy atom. The molecule has 0 aromatic carbocycles. The Balaban J connectivity index is 1.60. The maximum Gasteiger partial charge on any atom is 0.316 e. The van der Waals surface area contributed by atoms with Gasteiger partial charge in [0.25, 0.3) is 0 Å². The average Bonchev–Trinajstić information content (AvgIpc) is 2.97. The first kappa shape index (κ1) is 13.2. The van der Waals surface area contributed by atoms with E-state index < -0.39 is 10.8 Å². The Morgan fingerprint density at radius 3 is 3.05 bits per heavy atom. The molecule has 3 rings (SSSR count). The van der Waals surface area contributed by atoms with Gasteiger partial charge in [-0.15, -0.1) is 0 Å². The molecule has 0 spiro atoms.